The number of benzene rings is 2. The Balaban J connectivity index is 1.95. The number of nitrogens with two attached hydrogens (primary N) is 2. The molecule has 0 aliphatic carbocycles. The van der Waals surface area contributed by atoms with Crippen molar-refractivity contribution in [3.8, 4) is 11.8 Å². The third-order valence-corrected chi connectivity index (χ3v) is 5.06. The Labute approximate surface area is 186 Å². The van der Waals surface area contributed by atoms with Crippen LogP contribution in [0.5, 0.6) is 0 Å². The number of fused-ring (bicyclic) bond motifs is 1. The minimum absolute atomic E-state index is 0.00506. The highest BCUT2D eigenvalue weighted by molar-refractivity contribution is 6.35. The molecular weight excluding hydrogens is 435 g/mol. The maximum atomic E-state index is 14.0. The maximum absolute atomic E-state index is 14.0. The minimum Gasteiger partial charge on any atom is -0.382 e. The fraction of sp³-hybridized carbons (Fsp3) is 0.0952. The van der Waals surface area contributed by atoms with Crippen LogP contribution in [0.2, 0.25) is 5.02 Å². The van der Waals surface area contributed by atoms with Gasteiger partial charge in [0.1, 0.15) is 29.1 Å². The van der Waals surface area contributed by atoms with E-state index in [0.717, 1.165) is 0 Å². The third-order valence-electron chi connectivity index (χ3n) is 4.75. The number of rotatable bonds is 4. The SMILES string of the molecule is C[C@H](Nc1nc(N)nc(N)c1C#N)c1nc2cccc(Cl)c2c(=O)n1-c1cccc(F)c1. The van der Waals surface area contributed by atoms with Gasteiger partial charge in [-0.3, -0.25) is 9.36 Å². The Morgan fingerprint density at radius 1 is 1.19 bits per heavy atom. The largest absolute Gasteiger partial charge is 0.382 e. The highest BCUT2D eigenvalue weighted by Crippen LogP contribution is 2.26. The molecule has 4 rings (SSSR count). The predicted octanol–water partition coefficient (Wildman–Crippen LogP) is 3.18. The number of nitrogen functional groups attached to an aromatic ring is 2. The van der Waals surface area contributed by atoms with Crippen molar-refractivity contribution in [3.63, 3.8) is 0 Å². The van der Waals surface area contributed by atoms with E-state index in [1.807, 2.05) is 6.07 Å². The van der Waals surface area contributed by atoms with Crippen molar-refractivity contribution in [1.82, 2.24) is 19.5 Å². The highest BCUT2D eigenvalue weighted by Gasteiger charge is 2.22. The van der Waals surface area contributed by atoms with E-state index in [-0.39, 0.29) is 45.1 Å². The van der Waals surface area contributed by atoms with Crippen LogP contribution < -0.4 is 22.3 Å². The van der Waals surface area contributed by atoms with Crippen molar-refractivity contribution in [2.24, 2.45) is 0 Å². The third kappa shape index (κ3) is 3.66. The second-order valence-electron chi connectivity index (χ2n) is 6.89. The normalized spacial score (nSPS) is 11.8. The summed E-state index contributed by atoms with van der Waals surface area (Å²) in [5.41, 5.74) is 11.6. The molecule has 160 valence electrons. The van der Waals surface area contributed by atoms with Gasteiger partial charge in [0.25, 0.3) is 5.56 Å². The zero-order chi connectivity index (χ0) is 23.0. The van der Waals surface area contributed by atoms with Gasteiger partial charge in [0, 0.05) is 0 Å². The number of nitrogens with zero attached hydrogens (tertiary/aromatic N) is 5. The molecule has 0 unspecified atom stereocenters. The van der Waals surface area contributed by atoms with Crippen LogP contribution in [-0.2, 0) is 0 Å². The molecule has 32 heavy (non-hydrogen) atoms. The molecule has 2 aromatic carbocycles. The predicted molar refractivity (Wildman–Crippen MR) is 120 cm³/mol. The van der Waals surface area contributed by atoms with Gasteiger partial charge in [-0.15, -0.1) is 0 Å². The van der Waals surface area contributed by atoms with E-state index in [0.29, 0.717) is 5.52 Å². The van der Waals surface area contributed by atoms with Gasteiger partial charge in [-0.25, -0.2) is 9.37 Å². The van der Waals surface area contributed by atoms with Crippen molar-refractivity contribution in [2.45, 2.75) is 13.0 Å². The van der Waals surface area contributed by atoms with Crippen LogP contribution in [0.4, 0.5) is 22.0 Å². The summed E-state index contributed by atoms with van der Waals surface area (Å²) in [4.78, 5) is 25.9. The average Bonchev–Trinajstić information content (AvgIpc) is 2.73. The first-order chi connectivity index (χ1) is 15.3. The molecule has 0 aliphatic rings. The average molecular weight is 451 g/mol. The second-order valence-corrected chi connectivity index (χ2v) is 7.30. The number of aromatic nitrogens is 4. The first-order valence-corrected chi connectivity index (χ1v) is 9.74. The topological polar surface area (TPSA) is 149 Å². The van der Waals surface area contributed by atoms with E-state index in [2.05, 4.69) is 20.3 Å². The maximum Gasteiger partial charge on any atom is 0.267 e. The molecule has 0 saturated heterocycles. The number of anilines is 3. The molecule has 0 saturated carbocycles. The number of hydrogen-bond acceptors (Lipinski definition) is 8. The molecule has 9 nitrogen and oxygen atoms in total. The van der Waals surface area contributed by atoms with E-state index in [4.69, 9.17) is 23.1 Å². The van der Waals surface area contributed by atoms with Crippen molar-refractivity contribution >= 4 is 40.1 Å². The lowest BCUT2D eigenvalue weighted by Gasteiger charge is -2.21. The van der Waals surface area contributed by atoms with Crippen molar-refractivity contribution < 1.29 is 4.39 Å². The van der Waals surface area contributed by atoms with Gasteiger partial charge >= 0.3 is 0 Å². The Morgan fingerprint density at radius 3 is 2.66 bits per heavy atom. The molecule has 0 aliphatic heterocycles. The molecule has 0 radical (unpaired) electrons. The molecule has 5 N–H and O–H groups in total. The molecule has 0 amide bonds. The van der Waals surface area contributed by atoms with Crippen LogP contribution in [-0.4, -0.2) is 19.5 Å². The highest BCUT2D eigenvalue weighted by atomic mass is 35.5. The molecule has 2 aromatic heterocycles. The molecule has 0 spiro atoms. The first-order valence-electron chi connectivity index (χ1n) is 9.37. The Hall–Kier alpha value is -4.23. The van der Waals surface area contributed by atoms with Gasteiger partial charge in [-0.2, -0.15) is 15.2 Å². The Kier molecular flexibility index (Phi) is 5.34. The van der Waals surface area contributed by atoms with Crippen LogP contribution in [0.1, 0.15) is 24.4 Å². The van der Waals surface area contributed by atoms with Crippen molar-refractivity contribution in [1.29, 1.82) is 5.26 Å². The number of nitriles is 1. The van der Waals surface area contributed by atoms with E-state index in [1.54, 1.807) is 31.2 Å². The van der Waals surface area contributed by atoms with E-state index in [9.17, 15) is 14.4 Å². The van der Waals surface area contributed by atoms with Crippen LogP contribution >= 0.6 is 11.6 Å². The van der Waals surface area contributed by atoms with Crippen LogP contribution in [0.15, 0.2) is 47.3 Å². The fourth-order valence-corrected chi connectivity index (χ4v) is 3.59. The standard InChI is InChI=1S/C21H16ClFN8O/c1-10(27-18-13(9-24)17(25)29-21(26)30-18)19-28-15-7-3-6-14(22)16(15)20(32)31(19)12-5-2-4-11(23)8-12/h2-8,10H,1H3,(H5,25,26,27,29,30)/t10-/m0/s1. The van der Waals surface area contributed by atoms with Gasteiger partial charge in [0.15, 0.2) is 5.82 Å². The monoisotopic (exact) mass is 450 g/mol. The number of nitrogens with one attached hydrogen (secondary N) is 1. The molecule has 11 heteroatoms. The first kappa shape index (κ1) is 21.0. The number of halogens is 2. The summed E-state index contributed by atoms with van der Waals surface area (Å²) in [6, 6.07) is 11.7. The van der Waals surface area contributed by atoms with Gasteiger partial charge in [-0.1, -0.05) is 23.7 Å². The number of hydrogen-bond donors (Lipinski definition) is 3. The summed E-state index contributed by atoms with van der Waals surface area (Å²) >= 11 is 6.27. The van der Waals surface area contributed by atoms with Crippen LogP contribution in [0.25, 0.3) is 16.6 Å². The summed E-state index contributed by atoms with van der Waals surface area (Å²) in [7, 11) is 0. The molecule has 2 heterocycles. The Morgan fingerprint density at radius 2 is 1.94 bits per heavy atom. The lowest BCUT2D eigenvalue weighted by atomic mass is 10.2. The minimum atomic E-state index is -0.685. The van der Waals surface area contributed by atoms with Crippen molar-refractivity contribution in [3.05, 3.63) is 75.0 Å². The summed E-state index contributed by atoms with van der Waals surface area (Å²) in [5, 5.41) is 12.9. The van der Waals surface area contributed by atoms with Gasteiger partial charge in [0.05, 0.1) is 27.7 Å². The lowest BCUT2D eigenvalue weighted by molar-refractivity contribution is 0.624. The smallest absolute Gasteiger partial charge is 0.267 e. The summed E-state index contributed by atoms with van der Waals surface area (Å²) in [6.45, 7) is 1.70. The van der Waals surface area contributed by atoms with E-state index >= 15 is 0 Å². The Bertz CT molecular complexity index is 1460. The zero-order valence-corrected chi connectivity index (χ0v) is 17.4. The van der Waals surface area contributed by atoms with E-state index < -0.39 is 17.4 Å². The van der Waals surface area contributed by atoms with Gasteiger partial charge in [0.2, 0.25) is 5.95 Å². The second kappa shape index (κ2) is 8.13. The quantitative estimate of drug-likeness (QED) is 0.429. The van der Waals surface area contributed by atoms with Crippen LogP contribution in [0, 0.1) is 17.1 Å². The molecule has 1 atom stereocenters. The summed E-state index contributed by atoms with van der Waals surface area (Å²) < 4.78 is 15.2. The molecular formula is C21H16ClFN8O. The summed E-state index contributed by atoms with van der Waals surface area (Å²) in [6.07, 6.45) is 0. The molecule has 0 fully saturated rings. The lowest BCUT2D eigenvalue weighted by Crippen LogP contribution is -2.28. The van der Waals surface area contributed by atoms with Gasteiger partial charge < -0.3 is 16.8 Å². The summed E-state index contributed by atoms with van der Waals surface area (Å²) in [5.74, 6) is -0.429. The van der Waals surface area contributed by atoms with Crippen LogP contribution in [0.3, 0.4) is 0 Å². The molecule has 0 bridgehead atoms. The fourth-order valence-electron chi connectivity index (χ4n) is 3.34. The van der Waals surface area contributed by atoms with Crippen molar-refractivity contribution in [2.75, 3.05) is 16.8 Å². The molecule has 4 aromatic rings. The van der Waals surface area contributed by atoms with Gasteiger partial charge in [-0.05, 0) is 37.3 Å². The zero-order valence-electron chi connectivity index (χ0n) is 16.7. The van der Waals surface area contributed by atoms with E-state index in [1.165, 1.54) is 22.8 Å².